The van der Waals surface area contributed by atoms with Gasteiger partial charge in [0.2, 0.25) is 0 Å². The van der Waals surface area contributed by atoms with E-state index in [0.717, 1.165) is 29.7 Å². The van der Waals surface area contributed by atoms with Crippen molar-refractivity contribution in [2.24, 2.45) is 0 Å². The molecule has 0 saturated heterocycles. The number of benzene rings is 1. The molecule has 1 amide bonds. The Morgan fingerprint density at radius 3 is 2.64 bits per heavy atom. The van der Waals surface area contributed by atoms with Crippen LogP contribution in [0.15, 0.2) is 53.6 Å². The molecule has 6 heteroatoms. The van der Waals surface area contributed by atoms with E-state index in [4.69, 9.17) is 0 Å². The number of H-pyrrole nitrogens is 1. The molecule has 3 rings (SSSR count). The first-order chi connectivity index (χ1) is 13.5. The Balaban J connectivity index is 1.71. The molecule has 0 aliphatic rings. The average molecular weight is 378 g/mol. The molecule has 6 nitrogen and oxygen atoms in total. The van der Waals surface area contributed by atoms with E-state index in [9.17, 15) is 9.59 Å². The van der Waals surface area contributed by atoms with Gasteiger partial charge in [0.15, 0.2) is 0 Å². The smallest absolute Gasteiger partial charge is 0.254 e. The molecule has 0 fully saturated rings. The number of nitrogens with one attached hydrogen (secondary N) is 2. The third-order valence-corrected chi connectivity index (χ3v) is 5.01. The lowest BCUT2D eigenvalue weighted by atomic mass is 10.1. The molecule has 1 atom stereocenters. The van der Waals surface area contributed by atoms with E-state index in [2.05, 4.69) is 15.4 Å². The minimum atomic E-state index is -0.243. The minimum absolute atomic E-state index is 0.0267. The molecule has 2 aromatic heterocycles. The largest absolute Gasteiger partial charge is 0.348 e. The van der Waals surface area contributed by atoms with Crippen LogP contribution in [0.5, 0.6) is 0 Å². The number of hydrogen-bond acceptors (Lipinski definition) is 3. The number of carbonyl (C=O) groups is 1. The number of amides is 1. The van der Waals surface area contributed by atoms with Crippen LogP contribution in [0, 0.1) is 0 Å². The Morgan fingerprint density at radius 2 is 1.96 bits per heavy atom. The zero-order chi connectivity index (χ0) is 20.1. The number of rotatable bonds is 7. The maximum absolute atomic E-state index is 12.5. The van der Waals surface area contributed by atoms with Crippen LogP contribution in [-0.2, 0) is 19.4 Å². The number of nitrogens with zero attached hydrogens (tertiary/aromatic N) is 2. The highest BCUT2D eigenvalue weighted by Gasteiger charge is 2.15. The quantitative estimate of drug-likeness (QED) is 0.662. The predicted molar refractivity (Wildman–Crippen MR) is 109 cm³/mol. The van der Waals surface area contributed by atoms with E-state index in [1.165, 1.54) is 0 Å². The maximum Gasteiger partial charge on any atom is 0.254 e. The number of aryl methyl sites for hydroxylation is 2. The van der Waals surface area contributed by atoms with Crippen LogP contribution in [0.2, 0.25) is 0 Å². The summed E-state index contributed by atoms with van der Waals surface area (Å²) in [7, 11) is 0. The number of carbonyl (C=O) groups excluding carboxylic acids is 1. The molecule has 0 bridgehead atoms. The van der Waals surface area contributed by atoms with Gasteiger partial charge in [-0.3, -0.25) is 14.3 Å². The summed E-state index contributed by atoms with van der Waals surface area (Å²) in [6, 6.07) is 12.0. The van der Waals surface area contributed by atoms with Gasteiger partial charge in [-0.2, -0.15) is 5.10 Å². The molecule has 146 valence electrons. The van der Waals surface area contributed by atoms with Crippen LogP contribution in [0.1, 0.15) is 59.6 Å². The lowest BCUT2D eigenvalue weighted by molar-refractivity contribution is 0.0950. The second-order valence-corrected chi connectivity index (χ2v) is 6.81. The molecule has 0 radical (unpaired) electrons. The molecule has 28 heavy (non-hydrogen) atoms. The summed E-state index contributed by atoms with van der Waals surface area (Å²) in [6.07, 6.45) is 4.81. The molecule has 1 aromatic carbocycles. The number of aromatic amines is 1. The predicted octanol–water partition coefficient (Wildman–Crippen LogP) is 3.24. The fraction of sp³-hybridized carbons (Fsp3) is 0.318. The van der Waals surface area contributed by atoms with Gasteiger partial charge in [0.1, 0.15) is 0 Å². The minimum Gasteiger partial charge on any atom is -0.348 e. The Morgan fingerprint density at radius 1 is 1.21 bits per heavy atom. The Hall–Kier alpha value is -3.15. The molecule has 0 aliphatic carbocycles. The fourth-order valence-electron chi connectivity index (χ4n) is 3.22. The normalized spacial score (nSPS) is 12.0. The third kappa shape index (κ3) is 4.22. The summed E-state index contributed by atoms with van der Waals surface area (Å²) in [5, 5.41) is 7.18. The summed E-state index contributed by atoms with van der Waals surface area (Å²) >= 11 is 0. The SMILES string of the molecule is CCc1cc(CC)c(CNC(=O)c2cnn(C(C)c3ccccc3)c2)c(=O)[nH]1. The van der Waals surface area contributed by atoms with Gasteiger partial charge < -0.3 is 10.3 Å². The van der Waals surface area contributed by atoms with Crippen LogP contribution in [0.25, 0.3) is 0 Å². The number of pyridine rings is 1. The number of hydrogen-bond donors (Lipinski definition) is 2. The monoisotopic (exact) mass is 378 g/mol. The molecule has 3 aromatic rings. The van der Waals surface area contributed by atoms with Crippen LogP contribution >= 0.6 is 0 Å². The van der Waals surface area contributed by atoms with E-state index in [1.807, 2.05) is 57.2 Å². The third-order valence-electron chi connectivity index (χ3n) is 5.01. The fourth-order valence-corrected chi connectivity index (χ4v) is 3.22. The average Bonchev–Trinajstić information content (AvgIpc) is 3.22. The van der Waals surface area contributed by atoms with Crippen molar-refractivity contribution in [1.82, 2.24) is 20.1 Å². The second-order valence-electron chi connectivity index (χ2n) is 6.81. The highest BCUT2D eigenvalue weighted by molar-refractivity contribution is 5.93. The Bertz CT molecular complexity index is 1000. The molecule has 0 spiro atoms. The lowest BCUT2D eigenvalue weighted by Crippen LogP contribution is -2.28. The standard InChI is InChI=1S/C22H26N4O2/c1-4-16-11-19(5-2)25-22(28)20(16)13-23-21(27)18-12-24-26(14-18)15(3)17-9-7-6-8-10-17/h6-12,14-15H,4-5,13H2,1-3H3,(H,23,27)(H,25,28). The van der Waals surface area contributed by atoms with Crippen LogP contribution in [0.4, 0.5) is 0 Å². The van der Waals surface area contributed by atoms with Crippen molar-refractivity contribution in [1.29, 1.82) is 0 Å². The Kier molecular flexibility index (Phi) is 6.09. The van der Waals surface area contributed by atoms with E-state index < -0.39 is 0 Å². The zero-order valence-electron chi connectivity index (χ0n) is 16.5. The van der Waals surface area contributed by atoms with E-state index in [0.29, 0.717) is 11.1 Å². The first-order valence-corrected chi connectivity index (χ1v) is 9.64. The van der Waals surface area contributed by atoms with Crippen molar-refractivity contribution in [3.63, 3.8) is 0 Å². The molecular weight excluding hydrogens is 352 g/mol. The first kappa shape index (κ1) is 19.6. The van der Waals surface area contributed by atoms with Gasteiger partial charge in [0.05, 0.1) is 17.8 Å². The van der Waals surface area contributed by atoms with Gasteiger partial charge in [-0.05, 0) is 37.0 Å². The highest BCUT2D eigenvalue weighted by atomic mass is 16.2. The second kappa shape index (κ2) is 8.69. The molecule has 0 saturated carbocycles. The summed E-state index contributed by atoms with van der Waals surface area (Å²) in [5.74, 6) is -0.243. The van der Waals surface area contributed by atoms with Gasteiger partial charge in [-0.1, -0.05) is 44.2 Å². The zero-order valence-corrected chi connectivity index (χ0v) is 16.5. The van der Waals surface area contributed by atoms with E-state index >= 15 is 0 Å². The van der Waals surface area contributed by atoms with Gasteiger partial charge >= 0.3 is 0 Å². The lowest BCUT2D eigenvalue weighted by Gasteiger charge is -2.12. The van der Waals surface area contributed by atoms with Gasteiger partial charge in [0, 0.05) is 24.0 Å². The topological polar surface area (TPSA) is 79.8 Å². The number of aromatic nitrogens is 3. The van der Waals surface area contributed by atoms with E-state index in [-0.39, 0.29) is 24.1 Å². The van der Waals surface area contributed by atoms with Gasteiger partial charge in [-0.15, -0.1) is 0 Å². The summed E-state index contributed by atoms with van der Waals surface area (Å²) < 4.78 is 1.77. The first-order valence-electron chi connectivity index (χ1n) is 9.64. The van der Waals surface area contributed by atoms with Crippen LogP contribution in [-0.4, -0.2) is 20.7 Å². The van der Waals surface area contributed by atoms with Crippen molar-refractivity contribution in [3.05, 3.63) is 87.1 Å². The molecule has 2 N–H and O–H groups in total. The van der Waals surface area contributed by atoms with Gasteiger partial charge in [-0.25, -0.2) is 0 Å². The van der Waals surface area contributed by atoms with Crippen molar-refractivity contribution in [2.45, 2.75) is 46.2 Å². The highest BCUT2D eigenvalue weighted by Crippen LogP contribution is 2.17. The van der Waals surface area contributed by atoms with Crippen LogP contribution < -0.4 is 10.9 Å². The van der Waals surface area contributed by atoms with Crippen molar-refractivity contribution in [2.75, 3.05) is 0 Å². The van der Waals surface area contributed by atoms with Gasteiger partial charge in [0.25, 0.3) is 11.5 Å². The molecule has 1 unspecified atom stereocenters. The van der Waals surface area contributed by atoms with Crippen LogP contribution in [0.3, 0.4) is 0 Å². The molecule has 2 heterocycles. The van der Waals surface area contributed by atoms with Crippen molar-refractivity contribution >= 4 is 5.91 Å². The summed E-state index contributed by atoms with van der Waals surface area (Å²) in [6.45, 7) is 6.24. The summed E-state index contributed by atoms with van der Waals surface area (Å²) in [4.78, 5) is 27.8. The summed E-state index contributed by atoms with van der Waals surface area (Å²) in [5.41, 5.74) is 3.94. The Labute approximate surface area is 164 Å². The van der Waals surface area contributed by atoms with Crippen molar-refractivity contribution < 1.29 is 4.79 Å². The maximum atomic E-state index is 12.5. The molecular formula is C22H26N4O2. The van der Waals surface area contributed by atoms with Crippen molar-refractivity contribution in [3.8, 4) is 0 Å². The molecule has 0 aliphatic heterocycles. The van der Waals surface area contributed by atoms with E-state index in [1.54, 1.807) is 17.1 Å².